The molecule has 4 aliphatic heterocycles. The van der Waals surface area contributed by atoms with Crippen LogP contribution in [0.1, 0.15) is 64.7 Å². The maximum atomic E-state index is 11.4. The van der Waals surface area contributed by atoms with Gasteiger partial charge in [0.2, 0.25) is 17.1 Å². The number of nitrogens with one attached hydrogen (secondary N) is 4. The van der Waals surface area contributed by atoms with Gasteiger partial charge in [0, 0.05) is 72.1 Å². The Morgan fingerprint density at radius 2 is 1.51 bits per heavy atom. The molecule has 0 spiro atoms. The van der Waals surface area contributed by atoms with Gasteiger partial charge < -0.3 is 52.1 Å². The molecule has 2 aromatic heterocycles. The van der Waals surface area contributed by atoms with Crippen molar-refractivity contribution in [1.82, 2.24) is 24.8 Å². The summed E-state index contributed by atoms with van der Waals surface area (Å²) in [5.74, 6) is 1.11. The van der Waals surface area contributed by atoms with Gasteiger partial charge in [-0.25, -0.2) is 15.0 Å². The van der Waals surface area contributed by atoms with Crippen molar-refractivity contribution >= 4 is 75.5 Å². The van der Waals surface area contributed by atoms with Crippen LogP contribution in [0.3, 0.4) is 0 Å². The van der Waals surface area contributed by atoms with Crippen molar-refractivity contribution in [3.63, 3.8) is 0 Å². The number of carbonyl (C=O) groups is 3. The summed E-state index contributed by atoms with van der Waals surface area (Å²) in [5.41, 5.74) is 16.8. The average molecular weight is 915 g/mol. The maximum Gasteiger partial charge on any atom is 0.300 e. The van der Waals surface area contributed by atoms with Gasteiger partial charge in [0.25, 0.3) is 11.9 Å². The minimum Gasteiger partial charge on any atom is -0.482 e. The number of hydrogen-bond donors (Lipinski definition) is 7. The van der Waals surface area contributed by atoms with Crippen molar-refractivity contribution in [1.29, 1.82) is 0 Å². The minimum absolute atomic E-state index is 0.0659. The summed E-state index contributed by atoms with van der Waals surface area (Å²) in [6, 6.07) is 13.0. The van der Waals surface area contributed by atoms with E-state index in [1.807, 2.05) is 32.0 Å². The summed E-state index contributed by atoms with van der Waals surface area (Å²) < 4.78 is 15.0. The Hall–Kier alpha value is -5.37. The Labute approximate surface area is 379 Å². The predicted octanol–water partition coefficient (Wildman–Crippen LogP) is 6.48. The first-order valence-corrected chi connectivity index (χ1v) is 21.2. The molecule has 9 N–H and O–H groups in total. The maximum absolute atomic E-state index is 11.4. The molecule has 0 atom stereocenters. The third-order valence-corrected chi connectivity index (χ3v) is 9.65. The zero-order chi connectivity index (χ0) is 46.6. The number of fused-ring (bicyclic) bond motifs is 2. The molecule has 0 radical (unpaired) electrons. The van der Waals surface area contributed by atoms with Gasteiger partial charge in [0.05, 0.1) is 44.2 Å². The average Bonchev–Trinajstić information content (AvgIpc) is 3.19. The van der Waals surface area contributed by atoms with E-state index in [0.717, 1.165) is 67.0 Å². The van der Waals surface area contributed by atoms with E-state index >= 15 is 0 Å². The van der Waals surface area contributed by atoms with E-state index in [4.69, 9.17) is 58.8 Å². The molecule has 20 heteroatoms. The third kappa shape index (κ3) is 18.9. The van der Waals surface area contributed by atoms with Crippen molar-refractivity contribution in [2.24, 2.45) is 5.73 Å². The number of aryl methyl sites for hydroxylation is 3. The number of nitrogen functional groups attached to an aromatic ring is 1. The summed E-state index contributed by atoms with van der Waals surface area (Å²) in [6.45, 7) is 20.2. The van der Waals surface area contributed by atoms with Crippen LogP contribution in [-0.4, -0.2) is 111 Å². The number of nitrogens with zero attached hydrogens (tertiary/aromatic N) is 5. The molecule has 63 heavy (non-hydrogen) atoms. The van der Waals surface area contributed by atoms with Crippen LogP contribution in [0, 0.1) is 13.8 Å². The van der Waals surface area contributed by atoms with Crippen molar-refractivity contribution in [2.45, 2.75) is 92.4 Å². The van der Waals surface area contributed by atoms with Gasteiger partial charge in [-0.3, -0.25) is 19.3 Å². The number of carboxylic acid groups (broad SMARTS) is 1. The molecule has 6 heterocycles. The number of aromatic nitrogens is 4. The largest absolute Gasteiger partial charge is 0.482 e. The van der Waals surface area contributed by atoms with Gasteiger partial charge in [-0.05, 0) is 102 Å². The summed E-state index contributed by atoms with van der Waals surface area (Å²) in [6.07, 6.45) is 4.66. The molecule has 18 nitrogen and oxygen atoms in total. The van der Waals surface area contributed by atoms with Crippen LogP contribution < -0.4 is 37.5 Å². The molecule has 0 aliphatic carbocycles. The standard InChI is InChI=1S/C17H19N5O2.C8H8N2O2.C8H19N.C5H4Cl2N2.C3H7NO.C2H4O2/c1-10-7-18-17(22-16(10)19-13-8-24-9-13)20-12-3-4-14-11(6-12)2-5-15(23)21-14;9-5-1-2-6-7(3-5)12-4-8(11)10-6;1-6-9(7(2)3)8(4)5;1-3-2-8-5(7)9-4(3)6;4-3-1-5-2-3;1-2(3)4/h3-4,6-7,13H,2,5,8-9H2,1H3,(H,21,23)(H2,18,19,20,22);1-3H,4,9H2,(H,10,11);7-8H,6H2,1-5H3;2H,1H3;3H,1-2,4H2;1H3,(H,3,4). The monoisotopic (exact) mass is 913 g/mol. The van der Waals surface area contributed by atoms with Gasteiger partial charge in [-0.1, -0.05) is 18.5 Å². The first kappa shape index (κ1) is 52.0. The number of benzene rings is 2. The van der Waals surface area contributed by atoms with E-state index in [1.54, 1.807) is 30.6 Å². The predicted molar refractivity (Wildman–Crippen MR) is 248 cm³/mol. The fourth-order valence-electron chi connectivity index (χ4n) is 5.82. The number of carboxylic acids is 1. The lowest BCUT2D eigenvalue weighted by Crippen LogP contribution is -2.41. The van der Waals surface area contributed by atoms with E-state index in [0.29, 0.717) is 72.0 Å². The van der Waals surface area contributed by atoms with E-state index < -0.39 is 5.97 Å². The number of hydrogen-bond acceptors (Lipinski definition) is 15. The van der Waals surface area contributed by atoms with Gasteiger partial charge >= 0.3 is 0 Å². The van der Waals surface area contributed by atoms with Crippen LogP contribution in [0.2, 0.25) is 10.4 Å². The first-order valence-electron chi connectivity index (χ1n) is 20.5. The summed E-state index contributed by atoms with van der Waals surface area (Å²) in [7, 11) is 0. The Morgan fingerprint density at radius 3 is 2.03 bits per heavy atom. The van der Waals surface area contributed by atoms with E-state index in [2.05, 4.69) is 80.7 Å². The number of nitrogens with two attached hydrogens (primary N) is 2. The highest BCUT2D eigenvalue weighted by molar-refractivity contribution is 6.32. The lowest BCUT2D eigenvalue weighted by molar-refractivity contribution is -0.134. The topological polar surface area (TPSA) is 254 Å². The van der Waals surface area contributed by atoms with Crippen LogP contribution >= 0.6 is 23.2 Å². The van der Waals surface area contributed by atoms with Gasteiger partial charge in [0.1, 0.15) is 16.7 Å². The van der Waals surface area contributed by atoms with Gasteiger partial charge in [-0.2, -0.15) is 4.98 Å². The van der Waals surface area contributed by atoms with Crippen molar-refractivity contribution in [3.8, 4) is 5.75 Å². The molecule has 0 bridgehead atoms. The lowest BCUT2D eigenvalue weighted by Gasteiger charge is -2.28. The van der Waals surface area contributed by atoms with Crippen molar-refractivity contribution in [2.75, 3.05) is 66.6 Å². The van der Waals surface area contributed by atoms with Crippen LogP contribution in [0.15, 0.2) is 48.8 Å². The highest BCUT2D eigenvalue weighted by Crippen LogP contribution is 2.29. The molecule has 2 amide bonds. The fourth-order valence-corrected chi connectivity index (χ4v) is 6.13. The Kier molecular flexibility index (Phi) is 21.7. The van der Waals surface area contributed by atoms with Crippen molar-refractivity contribution in [3.05, 3.63) is 75.9 Å². The lowest BCUT2D eigenvalue weighted by atomic mass is 10.0. The summed E-state index contributed by atoms with van der Waals surface area (Å²) in [4.78, 5) is 50.0. The van der Waals surface area contributed by atoms with Crippen LogP contribution in [0.5, 0.6) is 5.75 Å². The van der Waals surface area contributed by atoms with Crippen LogP contribution in [0.4, 0.5) is 34.5 Å². The fraction of sp³-hybridized carbons (Fsp3) is 0.465. The molecule has 4 aromatic rings. The molecular weight excluding hydrogens is 853 g/mol. The summed E-state index contributed by atoms with van der Waals surface area (Å²) in [5, 5.41) is 20.2. The molecule has 4 aliphatic rings. The SMILES string of the molecule is CC(=O)O.CCN(C(C)C)C(C)C.Cc1cnc(Cl)nc1Cl.Cc1cnc(Nc2ccc3c(c2)CCC(=O)N3)nc1NC1COC1.NC1COC1.Nc1ccc2c(c1)OCC(=O)N2. The number of amides is 2. The van der Waals surface area contributed by atoms with Gasteiger partial charge in [0.15, 0.2) is 6.61 Å². The highest BCUT2D eigenvalue weighted by Gasteiger charge is 2.20. The molecule has 0 saturated carbocycles. The van der Waals surface area contributed by atoms with E-state index in [9.17, 15) is 9.59 Å². The Bertz CT molecular complexity index is 2090. The zero-order valence-electron chi connectivity index (χ0n) is 37.1. The number of halogens is 2. The Balaban J connectivity index is 0.000000227. The minimum atomic E-state index is -0.833. The second kappa shape index (κ2) is 26.3. The quantitative estimate of drug-likeness (QED) is 0.0595. The molecule has 8 rings (SSSR count). The number of ether oxygens (including phenoxy) is 3. The number of aliphatic carboxylic acids is 1. The normalized spacial score (nSPS) is 14.7. The van der Waals surface area contributed by atoms with Gasteiger partial charge in [-0.15, -0.1) is 0 Å². The molecule has 2 fully saturated rings. The second-order valence-corrected chi connectivity index (χ2v) is 15.9. The van der Waals surface area contributed by atoms with Crippen molar-refractivity contribution < 1.29 is 33.7 Å². The molecule has 0 unspecified atom stereocenters. The number of rotatable bonds is 7. The molecule has 2 saturated heterocycles. The van der Waals surface area contributed by atoms with E-state index in [-0.39, 0.29) is 23.7 Å². The Morgan fingerprint density at radius 1 is 0.905 bits per heavy atom. The van der Waals surface area contributed by atoms with E-state index in [1.165, 1.54) is 0 Å². The molecule has 344 valence electrons. The highest BCUT2D eigenvalue weighted by atomic mass is 35.5. The first-order chi connectivity index (χ1) is 29.8. The van der Waals surface area contributed by atoms with Crippen LogP contribution in [-0.2, 0) is 30.3 Å². The second-order valence-electron chi connectivity index (χ2n) is 15.2. The molecular formula is C43H61Cl2N11O7. The molecule has 2 aromatic carbocycles. The summed E-state index contributed by atoms with van der Waals surface area (Å²) >= 11 is 11.0. The smallest absolute Gasteiger partial charge is 0.300 e. The number of carbonyl (C=O) groups excluding carboxylic acids is 2. The van der Waals surface area contributed by atoms with Crippen LogP contribution in [0.25, 0.3) is 0 Å². The zero-order valence-corrected chi connectivity index (χ0v) is 38.6. The number of anilines is 6. The third-order valence-electron chi connectivity index (χ3n) is 9.08.